The lowest BCUT2D eigenvalue weighted by Gasteiger charge is -2.32. The summed E-state index contributed by atoms with van der Waals surface area (Å²) in [4.78, 5) is 18.6. The molecule has 2 aromatic rings. The van der Waals surface area contributed by atoms with E-state index in [2.05, 4.69) is 4.98 Å². The smallest absolute Gasteiger partial charge is 0.226 e. The molecule has 5 nitrogen and oxygen atoms in total. The minimum atomic E-state index is -0.108. The number of fused-ring (bicyclic) bond motifs is 1. The molecular formula is C16H20ClN3O2. The fraction of sp³-hybridized carbons (Fsp3) is 0.500. The number of nitrogens with two attached hydrogens (primary N) is 1. The van der Waals surface area contributed by atoms with Gasteiger partial charge < -0.3 is 15.1 Å². The molecule has 1 atom stereocenters. The van der Waals surface area contributed by atoms with Crippen LogP contribution in [0.25, 0.3) is 11.1 Å². The molecule has 0 bridgehead atoms. The molecule has 0 spiro atoms. The van der Waals surface area contributed by atoms with Crippen LogP contribution >= 0.6 is 11.6 Å². The first-order chi connectivity index (χ1) is 10.6. The van der Waals surface area contributed by atoms with Crippen molar-refractivity contribution in [3.05, 3.63) is 29.1 Å². The molecule has 2 N–H and O–H groups in total. The summed E-state index contributed by atoms with van der Waals surface area (Å²) >= 11 is 5.97. The molecule has 1 aliphatic rings. The molecule has 3 rings (SSSR count). The molecule has 22 heavy (non-hydrogen) atoms. The van der Waals surface area contributed by atoms with Gasteiger partial charge in [-0.05, 0) is 31.0 Å². The van der Waals surface area contributed by atoms with Gasteiger partial charge in [0, 0.05) is 36.5 Å². The predicted octanol–water partition coefficient (Wildman–Crippen LogP) is 2.78. The molecule has 0 saturated carbocycles. The standard InChI is InChI=1S/C16H20ClN3O2/c1-10(9-18)16(21)20-6-4-11(5-7-20)15-19-13-8-12(17)2-3-14(13)22-15/h2-3,8,10-11H,4-7,9,18H2,1H3. The number of oxazole rings is 1. The minimum Gasteiger partial charge on any atom is -0.440 e. The summed E-state index contributed by atoms with van der Waals surface area (Å²) in [7, 11) is 0. The third-order valence-electron chi connectivity index (χ3n) is 4.30. The van der Waals surface area contributed by atoms with Crippen molar-refractivity contribution in [1.29, 1.82) is 0 Å². The van der Waals surface area contributed by atoms with Gasteiger partial charge in [-0.2, -0.15) is 0 Å². The van der Waals surface area contributed by atoms with Crippen molar-refractivity contribution in [2.24, 2.45) is 11.7 Å². The second kappa shape index (κ2) is 6.26. The quantitative estimate of drug-likeness (QED) is 0.943. The normalized spacial score (nSPS) is 17.9. The van der Waals surface area contributed by atoms with E-state index in [0.717, 1.165) is 42.9 Å². The number of carbonyl (C=O) groups is 1. The second-order valence-electron chi connectivity index (χ2n) is 5.90. The van der Waals surface area contributed by atoms with E-state index >= 15 is 0 Å². The third kappa shape index (κ3) is 2.96. The lowest BCUT2D eigenvalue weighted by Crippen LogP contribution is -2.42. The van der Waals surface area contributed by atoms with Crippen molar-refractivity contribution in [2.75, 3.05) is 19.6 Å². The molecule has 1 aliphatic heterocycles. The van der Waals surface area contributed by atoms with E-state index in [4.69, 9.17) is 21.8 Å². The first kappa shape index (κ1) is 15.3. The van der Waals surface area contributed by atoms with E-state index in [9.17, 15) is 4.79 Å². The van der Waals surface area contributed by atoms with Gasteiger partial charge >= 0.3 is 0 Å². The summed E-state index contributed by atoms with van der Waals surface area (Å²) in [6.45, 7) is 3.73. The average Bonchev–Trinajstić information content (AvgIpc) is 2.96. The molecule has 1 aromatic carbocycles. The van der Waals surface area contributed by atoms with Gasteiger partial charge in [-0.15, -0.1) is 0 Å². The van der Waals surface area contributed by atoms with Crippen LogP contribution in [0.2, 0.25) is 5.02 Å². The Bertz CT molecular complexity index is 677. The van der Waals surface area contributed by atoms with Gasteiger partial charge in [0.05, 0.1) is 0 Å². The Kier molecular flexibility index (Phi) is 4.36. The molecular weight excluding hydrogens is 302 g/mol. The van der Waals surface area contributed by atoms with Crippen molar-refractivity contribution >= 4 is 28.6 Å². The molecule has 1 fully saturated rings. The number of likely N-dealkylation sites (tertiary alicyclic amines) is 1. The number of nitrogens with zero attached hydrogens (tertiary/aromatic N) is 2. The van der Waals surface area contributed by atoms with Crippen LogP contribution < -0.4 is 5.73 Å². The number of rotatable bonds is 3. The maximum Gasteiger partial charge on any atom is 0.226 e. The number of halogens is 1. The van der Waals surface area contributed by atoms with Crippen LogP contribution in [0.5, 0.6) is 0 Å². The van der Waals surface area contributed by atoms with Crippen molar-refractivity contribution in [1.82, 2.24) is 9.88 Å². The highest BCUT2D eigenvalue weighted by Crippen LogP contribution is 2.31. The third-order valence-corrected chi connectivity index (χ3v) is 4.53. The molecule has 118 valence electrons. The molecule has 1 amide bonds. The maximum atomic E-state index is 12.1. The van der Waals surface area contributed by atoms with E-state index in [1.807, 2.05) is 24.0 Å². The van der Waals surface area contributed by atoms with Crippen LogP contribution in [0, 0.1) is 5.92 Å². The molecule has 1 unspecified atom stereocenters. The van der Waals surface area contributed by atoms with Gasteiger partial charge in [-0.3, -0.25) is 4.79 Å². The zero-order chi connectivity index (χ0) is 15.7. The first-order valence-electron chi connectivity index (χ1n) is 7.63. The highest BCUT2D eigenvalue weighted by Gasteiger charge is 2.28. The Labute approximate surface area is 134 Å². The number of benzene rings is 1. The summed E-state index contributed by atoms with van der Waals surface area (Å²) in [5.41, 5.74) is 7.12. The van der Waals surface area contributed by atoms with Crippen molar-refractivity contribution in [3.8, 4) is 0 Å². The van der Waals surface area contributed by atoms with Gasteiger partial charge in [-0.25, -0.2) is 4.98 Å². The Morgan fingerprint density at radius 3 is 2.91 bits per heavy atom. The maximum absolute atomic E-state index is 12.1. The Hall–Kier alpha value is -1.59. The van der Waals surface area contributed by atoms with Gasteiger partial charge in [0.15, 0.2) is 11.5 Å². The van der Waals surface area contributed by atoms with Crippen LogP contribution in [-0.4, -0.2) is 35.4 Å². The van der Waals surface area contributed by atoms with Crippen molar-refractivity contribution in [3.63, 3.8) is 0 Å². The zero-order valence-corrected chi connectivity index (χ0v) is 13.3. The van der Waals surface area contributed by atoms with Crippen molar-refractivity contribution in [2.45, 2.75) is 25.7 Å². The lowest BCUT2D eigenvalue weighted by atomic mass is 9.96. The van der Waals surface area contributed by atoms with Gasteiger partial charge in [-0.1, -0.05) is 18.5 Å². The van der Waals surface area contributed by atoms with E-state index < -0.39 is 0 Å². The number of hydrogen-bond acceptors (Lipinski definition) is 4. The Balaban J connectivity index is 1.68. The van der Waals surface area contributed by atoms with E-state index in [0.29, 0.717) is 11.6 Å². The Morgan fingerprint density at radius 2 is 2.23 bits per heavy atom. The zero-order valence-electron chi connectivity index (χ0n) is 12.6. The average molecular weight is 322 g/mol. The molecule has 1 saturated heterocycles. The number of aromatic nitrogens is 1. The fourth-order valence-electron chi connectivity index (χ4n) is 2.85. The van der Waals surface area contributed by atoms with Crippen LogP contribution in [0.3, 0.4) is 0 Å². The lowest BCUT2D eigenvalue weighted by molar-refractivity contribution is -0.135. The second-order valence-corrected chi connectivity index (χ2v) is 6.34. The van der Waals surface area contributed by atoms with Crippen LogP contribution in [0.15, 0.2) is 22.6 Å². The predicted molar refractivity (Wildman–Crippen MR) is 85.8 cm³/mol. The van der Waals surface area contributed by atoms with Crippen molar-refractivity contribution < 1.29 is 9.21 Å². The minimum absolute atomic E-state index is 0.108. The fourth-order valence-corrected chi connectivity index (χ4v) is 3.02. The van der Waals surface area contributed by atoms with Gasteiger partial charge in [0.25, 0.3) is 0 Å². The first-order valence-corrected chi connectivity index (χ1v) is 8.01. The van der Waals surface area contributed by atoms with Gasteiger partial charge in [0.2, 0.25) is 5.91 Å². The molecule has 1 aromatic heterocycles. The van der Waals surface area contributed by atoms with Crippen LogP contribution in [-0.2, 0) is 4.79 Å². The number of carbonyl (C=O) groups excluding carboxylic acids is 1. The summed E-state index contributed by atoms with van der Waals surface area (Å²) in [6, 6.07) is 5.45. The van der Waals surface area contributed by atoms with Crippen LogP contribution in [0.4, 0.5) is 0 Å². The van der Waals surface area contributed by atoms with Gasteiger partial charge in [0.1, 0.15) is 5.52 Å². The van der Waals surface area contributed by atoms with E-state index in [-0.39, 0.29) is 17.7 Å². The van der Waals surface area contributed by atoms with E-state index in [1.54, 1.807) is 6.07 Å². The number of amides is 1. The van der Waals surface area contributed by atoms with E-state index in [1.165, 1.54) is 0 Å². The SMILES string of the molecule is CC(CN)C(=O)N1CCC(c2nc3cc(Cl)ccc3o2)CC1. The monoisotopic (exact) mass is 321 g/mol. The largest absolute Gasteiger partial charge is 0.440 e. The summed E-state index contributed by atoms with van der Waals surface area (Å²) in [5.74, 6) is 1.04. The number of piperidine rings is 1. The molecule has 6 heteroatoms. The summed E-state index contributed by atoms with van der Waals surface area (Å²) in [6.07, 6.45) is 1.73. The highest BCUT2D eigenvalue weighted by atomic mass is 35.5. The van der Waals surface area contributed by atoms with Crippen LogP contribution in [0.1, 0.15) is 31.6 Å². The molecule has 0 aliphatic carbocycles. The topological polar surface area (TPSA) is 72.4 Å². The molecule has 2 heterocycles. The highest BCUT2D eigenvalue weighted by molar-refractivity contribution is 6.31. The Morgan fingerprint density at radius 1 is 1.50 bits per heavy atom. The summed E-state index contributed by atoms with van der Waals surface area (Å²) in [5, 5.41) is 0.656. The molecule has 0 radical (unpaired) electrons. The number of hydrogen-bond donors (Lipinski definition) is 1. The summed E-state index contributed by atoms with van der Waals surface area (Å²) < 4.78 is 5.83.